The highest BCUT2D eigenvalue weighted by molar-refractivity contribution is 6.62. The van der Waals surface area contributed by atoms with Crippen LogP contribution in [0.15, 0.2) is 37.2 Å². The molecule has 0 saturated carbocycles. The Labute approximate surface area is 293 Å². The summed E-state index contributed by atoms with van der Waals surface area (Å²) in [7, 11) is 0. The second-order valence-electron chi connectivity index (χ2n) is 14.3. The Morgan fingerprint density at radius 1 is 0.776 bits per heavy atom. The van der Waals surface area contributed by atoms with Gasteiger partial charge in [0.2, 0.25) is 11.1 Å². The number of piperidine rings is 4. The van der Waals surface area contributed by atoms with Crippen LogP contribution >= 0.6 is 11.6 Å². The summed E-state index contributed by atoms with van der Waals surface area (Å²) in [6, 6.07) is 4.15. The van der Waals surface area contributed by atoms with Gasteiger partial charge in [0.25, 0.3) is 0 Å². The third-order valence-electron chi connectivity index (χ3n) is 11.8. The summed E-state index contributed by atoms with van der Waals surface area (Å²) in [6.07, 6.45) is 14.4. The van der Waals surface area contributed by atoms with Crippen LogP contribution in [0, 0.1) is 22.7 Å². The zero-order chi connectivity index (χ0) is 34.6. The van der Waals surface area contributed by atoms with Crippen LogP contribution in [0.2, 0.25) is 0 Å². The van der Waals surface area contributed by atoms with Crippen LogP contribution in [-0.4, -0.2) is 98.3 Å². The first kappa shape index (κ1) is 35.1. The lowest BCUT2D eigenvalue weighted by Crippen LogP contribution is -2.58. The number of carbonyl (C=O) groups excluding carboxylic acids is 2. The van der Waals surface area contributed by atoms with Crippen LogP contribution in [0.25, 0.3) is 22.1 Å². The number of halogens is 1. The van der Waals surface area contributed by atoms with Gasteiger partial charge in [0.15, 0.2) is 0 Å². The average Bonchev–Trinajstić information content (AvgIpc) is 3.81. The van der Waals surface area contributed by atoms with E-state index in [1.165, 1.54) is 39.2 Å². The maximum Gasteiger partial charge on any atom is 0.219 e. The molecule has 4 aromatic rings. The molecule has 1 amide bonds. The molecule has 0 unspecified atom stereocenters. The van der Waals surface area contributed by atoms with E-state index in [2.05, 4.69) is 82.6 Å². The molecule has 13 heteroatoms. The minimum Gasteiger partial charge on any atom is -0.355 e. The predicted octanol–water partition coefficient (Wildman–Crippen LogP) is 5.38. The number of rotatable bonds is 4. The SMILES string of the molecule is CC(=O)Cl.CC[C@]12CN(C(C)=O)CC[C@H]1CCN(c1ncnc3[nH]ccc13)C2.CC[C@]12CNCC[C@H]1CCN(c1ncnc3[nH]ccc13)C2. The van der Waals surface area contributed by atoms with E-state index in [4.69, 9.17) is 0 Å². The number of hydrogen-bond acceptors (Lipinski definition) is 9. The molecule has 8 heterocycles. The highest BCUT2D eigenvalue weighted by atomic mass is 35.5. The number of likely N-dealkylation sites (tertiary alicyclic amines) is 1. The predicted molar refractivity (Wildman–Crippen MR) is 195 cm³/mol. The summed E-state index contributed by atoms with van der Waals surface area (Å²) >= 11 is 4.64. The number of nitrogens with one attached hydrogen (secondary N) is 3. The summed E-state index contributed by atoms with van der Waals surface area (Å²) in [5, 5.41) is 5.48. The van der Waals surface area contributed by atoms with Crippen molar-refractivity contribution in [3.05, 3.63) is 37.2 Å². The van der Waals surface area contributed by atoms with Crippen molar-refractivity contribution in [3.63, 3.8) is 0 Å². The van der Waals surface area contributed by atoms with Gasteiger partial charge in [0.1, 0.15) is 35.6 Å². The molecule has 0 bridgehead atoms. The Bertz CT molecular complexity index is 1740. The number of aromatic nitrogens is 6. The van der Waals surface area contributed by atoms with Crippen molar-refractivity contribution >= 4 is 56.5 Å². The van der Waals surface area contributed by atoms with Gasteiger partial charge in [-0.25, -0.2) is 19.9 Å². The number of H-pyrrole nitrogens is 2. The second kappa shape index (κ2) is 15.0. The summed E-state index contributed by atoms with van der Waals surface area (Å²) in [5.74, 6) is 3.89. The zero-order valence-corrected chi connectivity index (χ0v) is 30.1. The van der Waals surface area contributed by atoms with Crippen molar-refractivity contribution in [2.75, 3.05) is 62.2 Å². The average molecular weight is 691 g/mol. The lowest BCUT2D eigenvalue weighted by Gasteiger charge is -2.53. The van der Waals surface area contributed by atoms with Gasteiger partial charge in [-0.1, -0.05) is 13.8 Å². The lowest BCUT2D eigenvalue weighted by molar-refractivity contribution is -0.134. The first-order chi connectivity index (χ1) is 23.7. The number of hydrogen-bond donors (Lipinski definition) is 3. The van der Waals surface area contributed by atoms with E-state index in [9.17, 15) is 9.59 Å². The van der Waals surface area contributed by atoms with Crippen molar-refractivity contribution in [3.8, 4) is 0 Å². The highest BCUT2D eigenvalue weighted by Crippen LogP contribution is 2.46. The molecule has 12 nitrogen and oxygen atoms in total. The maximum atomic E-state index is 11.9. The summed E-state index contributed by atoms with van der Waals surface area (Å²) < 4.78 is 0. The Balaban J connectivity index is 0.000000155. The lowest BCUT2D eigenvalue weighted by atomic mass is 9.65. The third-order valence-corrected chi connectivity index (χ3v) is 11.8. The third kappa shape index (κ3) is 7.26. The van der Waals surface area contributed by atoms with Crippen molar-refractivity contribution in [1.29, 1.82) is 0 Å². The molecule has 4 aromatic heterocycles. The summed E-state index contributed by atoms with van der Waals surface area (Å²) in [5.41, 5.74) is 2.41. The van der Waals surface area contributed by atoms with E-state index in [-0.39, 0.29) is 16.6 Å². The first-order valence-corrected chi connectivity index (χ1v) is 18.2. The van der Waals surface area contributed by atoms with Gasteiger partial charge < -0.3 is 30.0 Å². The molecule has 4 aliphatic heterocycles. The van der Waals surface area contributed by atoms with Crippen LogP contribution in [-0.2, 0) is 9.59 Å². The fourth-order valence-electron chi connectivity index (χ4n) is 8.97. The van der Waals surface area contributed by atoms with Gasteiger partial charge in [-0.3, -0.25) is 9.59 Å². The standard InChI is InChI=1S/C18H25N5O.C16H23N5.C2H3ClO/c1-3-18-10-22(13(2)24)8-5-14(18)6-9-23(11-18)17-15-4-7-19-16(15)20-12-21-17;1-2-16-9-17-6-3-12(16)5-8-21(10-16)15-13-4-7-18-14(13)19-11-20-15;1-2(3)4/h4,7,12,14H,3,5-6,8-11H2,1-2H3,(H,19,20,21);4,7,11-12,17H,2-3,5-6,8-10H2,1H3,(H,18,19,20);1H3/t14-,18+;12-,16+;/m00./s1. The Kier molecular flexibility index (Phi) is 10.7. The van der Waals surface area contributed by atoms with Crippen LogP contribution in [0.4, 0.5) is 11.6 Å². The molecular weight excluding hydrogens is 640 g/mol. The van der Waals surface area contributed by atoms with E-state index >= 15 is 0 Å². The normalized spacial score (nSPS) is 26.6. The van der Waals surface area contributed by atoms with E-state index in [0.29, 0.717) is 11.3 Å². The van der Waals surface area contributed by atoms with Gasteiger partial charge in [-0.05, 0) is 80.6 Å². The second-order valence-corrected chi connectivity index (χ2v) is 14.8. The maximum absolute atomic E-state index is 11.9. The fourth-order valence-corrected chi connectivity index (χ4v) is 8.97. The van der Waals surface area contributed by atoms with Crippen LogP contribution in [0.1, 0.15) is 66.2 Å². The smallest absolute Gasteiger partial charge is 0.219 e. The van der Waals surface area contributed by atoms with Crippen molar-refractivity contribution < 1.29 is 9.59 Å². The number of aromatic amines is 2. The highest BCUT2D eigenvalue weighted by Gasteiger charge is 2.47. The molecule has 49 heavy (non-hydrogen) atoms. The topological polar surface area (TPSA) is 139 Å². The monoisotopic (exact) mass is 690 g/mol. The van der Waals surface area contributed by atoms with Gasteiger partial charge in [-0.2, -0.15) is 0 Å². The van der Waals surface area contributed by atoms with Gasteiger partial charge in [-0.15, -0.1) is 0 Å². The number of amides is 1. The molecule has 3 N–H and O–H groups in total. The van der Waals surface area contributed by atoms with Crippen molar-refractivity contribution in [2.45, 2.75) is 66.2 Å². The minimum absolute atomic E-state index is 0.176. The molecule has 0 spiro atoms. The van der Waals surface area contributed by atoms with Crippen LogP contribution in [0.5, 0.6) is 0 Å². The molecule has 0 aromatic carbocycles. The van der Waals surface area contributed by atoms with Crippen LogP contribution in [0.3, 0.4) is 0 Å². The Hall–Kier alpha value is -3.77. The van der Waals surface area contributed by atoms with Crippen molar-refractivity contribution in [2.24, 2.45) is 22.7 Å². The molecule has 0 aliphatic carbocycles. The molecule has 4 saturated heterocycles. The van der Waals surface area contributed by atoms with Gasteiger partial charge in [0, 0.05) is 82.9 Å². The van der Waals surface area contributed by atoms with Gasteiger partial charge in [0.05, 0.1) is 10.8 Å². The number of nitrogens with zero attached hydrogens (tertiary/aromatic N) is 7. The van der Waals surface area contributed by atoms with E-state index in [0.717, 1.165) is 98.3 Å². The fraction of sp³-hybridized carbons (Fsp3) is 0.611. The molecule has 0 radical (unpaired) electrons. The number of anilines is 2. The Morgan fingerprint density at radius 2 is 1.29 bits per heavy atom. The summed E-state index contributed by atoms with van der Waals surface area (Å²) in [4.78, 5) is 52.2. The molecular formula is C36H51ClN10O2. The molecule has 4 atom stereocenters. The quantitative estimate of drug-likeness (QED) is 0.241. The van der Waals surface area contributed by atoms with Crippen molar-refractivity contribution in [1.82, 2.24) is 40.1 Å². The van der Waals surface area contributed by atoms with Gasteiger partial charge >= 0.3 is 0 Å². The van der Waals surface area contributed by atoms with E-state index < -0.39 is 0 Å². The first-order valence-electron chi connectivity index (χ1n) is 17.9. The minimum atomic E-state index is -0.361. The number of fused-ring (bicyclic) bond motifs is 4. The molecule has 8 rings (SSSR count). The largest absolute Gasteiger partial charge is 0.355 e. The molecule has 4 fully saturated rings. The summed E-state index contributed by atoms with van der Waals surface area (Å²) in [6.45, 7) is 15.9. The van der Waals surface area contributed by atoms with E-state index in [1.54, 1.807) is 19.6 Å². The molecule has 264 valence electrons. The number of carbonyl (C=O) groups is 2. The zero-order valence-electron chi connectivity index (χ0n) is 29.3. The Morgan fingerprint density at radius 3 is 1.82 bits per heavy atom. The molecule has 4 aliphatic rings. The van der Waals surface area contributed by atoms with E-state index in [1.807, 2.05) is 17.3 Å². The van der Waals surface area contributed by atoms with Crippen LogP contribution < -0.4 is 15.1 Å².